The maximum atomic E-state index is 12.8. The zero-order chi connectivity index (χ0) is 15.4. The van der Waals surface area contributed by atoms with Crippen LogP contribution in [0.3, 0.4) is 0 Å². The Hall–Kier alpha value is -1.69. The third-order valence-corrected chi connectivity index (χ3v) is 3.92. The Balaban J connectivity index is 2.29. The molecule has 1 aliphatic carbocycles. The van der Waals surface area contributed by atoms with Crippen molar-refractivity contribution in [1.82, 2.24) is 14.9 Å². The summed E-state index contributed by atoms with van der Waals surface area (Å²) in [4.78, 5) is 23.0. The number of anilines is 1. The van der Waals surface area contributed by atoms with Gasteiger partial charge in [0.15, 0.2) is 5.69 Å². The first kappa shape index (κ1) is 15.7. The van der Waals surface area contributed by atoms with E-state index in [1.54, 1.807) is 4.90 Å². The molecular formula is C15H24N4O2. The van der Waals surface area contributed by atoms with Crippen LogP contribution in [-0.2, 0) is 0 Å². The number of aromatic nitrogens is 2. The van der Waals surface area contributed by atoms with Gasteiger partial charge in [0.05, 0.1) is 18.5 Å². The van der Waals surface area contributed by atoms with Crippen LogP contribution in [0.5, 0.6) is 0 Å². The van der Waals surface area contributed by atoms with Crippen LogP contribution >= 0.6 is 0 Å². The summed E-state index contributed by atoms with van der Waals surface area (Å²) in [5.41, 5.74) is 6.44. The van der Waals surface area contributed by atoms with Gasteiger partial charge in [0.25, 0.3) is 5.91 Å². The minimum atomic E-state index is -0.197. The van der Waals surface area contributed by atoms with E-state index in [4.69, 9.17) is 5.73 Å². The van der Waals surface area contributed by atoms with Gasteiger partial charge in [-0.15, -0.1) is 0 Å². The Morgan fingerprint density at radius 2 is 2.14 bits per heavy atom. The SMILES string of the molecule is CC(C)c1ncc(N)c(C(=O)N(CCO)C2CCCC2)n1. The second kappa shape index (κ2) is 6.85. The van der Waals surface area contributed by atoms with Crippen LogP contribution in [0.15, 0.2) is 6.20 Å². The van der Waals surface area contributed by atoms with Crippen LogP contribution in [0.4, 0.5) is 5.69 Å². The molecule has 0 radical (unpaired) electrons. The number of hydrogen-bond acceptors (Lipinski definition) is 5. The van der Waals surface area contributed by atoms with Gasteiger partial charge in [-0.3, -0.25) is 4.79 Å². The molecule has 21 heavy (non-hydrogen) atoms. The van der Waals surface area contributed by atoms with E-state index in [2.05, 4.69) is 9.97 Å². The van der Waals surface area contributed by atoms with Gasteiger partial charge in [0.1, 0.15) is 5.82 Å². The van der Waals surface area contributed by atoms with Gasteiger partial charge < -0.3 is 15.7 Å². The van der Waals surface area contributed by atoms with E-state index in [1.165, 1.54) is 6.20 Å². The summed E-state index contributed by atoms with van der Waals surface area (Å²) >= 11 is 0. The van der Waals surface area contributed by atoms with Gasteiger partial charge in [-0.1, -0.05) is 26.7 Å². The summed E-state index contributed by atoms with van der Waals surface area (Å²) in [6, 6.07) is 0.182. The Morgan fingerprint density at radius 3 is 2.71 bits per heavy atom. The van der Waals surface area contributed by atoms with Crippen LogP contribution in [-0.4, -0.2) is 45.1 Å². The molecule has 1 heterocycles. The molecule has 1 fully saturated rings. The second-order valence-electron chi connectivity index (χ2n) is 5.85. The fourth-order valence-corrected chi connectivity index (χ4v) is 2.76. The molecule has 1 amide bonds. The molecule has 0 spiro atoms. The van der Waals surface area contributed by atoms with Crippen molar-refractivity contribution in [2.45, 2.75) is 51.5 Å². The number of carbonyl (C=O) groups is 1. The molecule has 1 aromatic rings. The molecule has 2 rings (SSSR count). The third kappa shape index (κ3) is 3.50. The van der Waals surface area contributed by atoms with Gasteiger partial charge in [-0.2, -0.15) is 0 Å². The molecule has 6 heteroatoms. The molecule has 116 valence electrons. The van der Waals surface area contributed by atoms with E-state index in [-0.39, 0.29) is 30.2 Å². The summed E-state index contributed by atoms with van der Waals surface area (Å²) in [5.74, 6) is 0.551. The molecule has 6 nitrogen and oxygen atoms in total. The molecule has 0 aliphatic heterocycles. The molecule has 3 N–H and O–H groups in total. The normalized spacial score (nSPS) is 15.6. The number of hydrogen-bond donors (Lipinski definition) is 2. The van der Waals surface area contributed by atoms with Crippen molar-refractivity contribution >= 4 is 11.6 Å². The van der Waals surface area contributed by atoms with E-state index in [1.807, 2.05) is 13.8 Å². The Labute approximate surface area is 125 Å². The lowest BCUT2D eigenvalue weighted by atomic mass is 10.1. The lowest BCUT2D eigenvalue weighted by Gasteiger charge is -2.28. The topological polar surface area (TPSA) is 92.3 Å². The largest absolute Gasteiger partial charge is 0.396 e. The lowest BCUT2D eigenvalue weighted by molar-refractivity contribution is 0.0632. The quantitative estimate of drug-likeness (QED) is 0.859. The fraction of sp³-hybridized carbons (Fsp3) is 0.667. The zero-order valence-electron chi connectivity index (χ0n) is 12.7. The van der Waals surface area contributed by atoms with Crippen molar-refractivity contribution in [1.29, 1.82) is 0 Å². The zero-order valence-corrected chi connectivity index (χ0v) is 12.7. The van der Waals surface area contributed by atoms with E-state index in [9.17, 15) is 9.90 Å². The van der Waals surface area contributed by atoms with E-state index >= 15 is 0 Å². The number of rotatable bonds is 5. The first-order valence-corrected chi connectivity index (χ1v) is 7.58. The molecule has 1 aliphatic rings. The molecular weight excluding hydrogens is 268 g/mol. The Kier molecular flexibility index (Phi) is 5.12. The average molecular weight is 292 g/mol. The molecule has 0 saturated heterocycles. The van der Waals surface area contributed by atoms with Crippen LogP contribution in [0.1, 0.15) is 61.8 Å². The van der Waals surface area contributed by atoms with Gasteiger partial charge in [-0.05, 0) is 12.8 Å². The van der Waals surface area contributed by atoms with E-state index in [0.717, 1.165) is 25.7 Å². The van der Waals surface area contributed by atoms with Gasteiger partial charge in [0.2, 0.25) is 0 Å². The van der Waals surface area contributed by atoms with Crippen molar-refractivity contribution in [2.75, 3.05) is 18.9 Å². The van der Waals surface area contributed by atoms with Crippen molar-refractivity contribution in [2.24, 2.45) is 0 Å². The molecule has 1 aromatic heterocycles. The van der Waals surface area contributed by atoms with Crippen molar-refractivity contribution < 1.29 is 9.90 Å². The monoisotopic (exact) mass is 292 g/mol. The smallest absolute Gasteiger partial charge is 0.275 e. The van der Waals surface area contributed by atoms with Crippen LogP contribution in [0.2, 0.25) is 0 Å². The molecule has 1 saturated carbocycles. The number of nitrogen functional groups attached to an aromatic ring is 1. The van der Waals surface area contributed by atoms with Gasteiger partial charge in [-0.25, -0.2) is 9.97 Å². The average Bonchev–Trinajstić information content (AvgIpc) is 2.98. The summed E-state index contributed by atoms with van der Waals surface area (Å²) in [7, 11) is 0. The van der Waals surface area contributed by atoms with Crippen LogP contribution < -0.4 is 5.73 Å². The fourth-order valence-electron chi connectivity index (χ4n) is 2.76. The minimum absolute atomic E-state index is 0.0513. The second-order valence-corrected chi connectivity index (χ2v) is 5.85. The number of nitrogens with zero attached hydrogens (tertiary/aromatic N) is 3. The van der Waals surface area contributed by atoms with Gasteiger partial charge in [0, 0.05) is 18.5 Å². The van der Waals surface area contributed by atoms with Gasteiger partial charge >= 0.3 is 0 Å². The molecule has 0 atom stereocenters. The van der Waals surface area contributed by atoms with Crippen molar-refractivity contribution in [3.8, 4) is 0 Å². The number of aliphatic hydroxyl groups is 1. The standard InChI is InChI=1S/C15H24N4O2/c1-10(2)14-17-9-12(16)13(18-14)15(21)19(7-8-20)11-5-3-4-6-11/h9-11,20H,3-8,16H2,1-2H3. The summed E-state index contributed by atoms with van der Waals surface area (Å²) in [6.45, 7) is 4.22. The summed E-state index contributed by atoms with van der Waals surface area (Å²) in [6.07, 6.45) is 5.70. The van der Waals surface area contributed by atoms with Crippen LogP contribution in [0.25, 0.3) is 0 Å². The first-order valence-electron chi connectivity index (χ1n) is 7.58. The Morgan fingerprint density at radius 1 is 1.48 bits per heavy atom. The number of carbonyl (C=O) groups excluding carboxylic acids is 1. The maximum absolute atomic E-state index is 12.8. The maximum Gasteiger partial charge on any atom is 0.275 e. The number of nitrogens with two attached hydrogens (primary N) is 1. The van der Waals surface area contributed by atoms with E-state index < -0.39 is 0 Å². The first-order chi connectivity index (χ1) is 10.0. The van der Waals surface area contributed by atoms with Crippen molar-refractivity contribution in [3.05, 3.63) is 17.7 Å². The lowest BCUT2D eigenvalue weighted by Crippen LogP contribution is -2.41. The highest BCUT2D eigenvalue weighted by Gasteiger charge is 2.29. The third-order valence-electron chi connectivity index (χ3n) is 3.92. The molecule has 0 bridgehead atoms. The summed E-state index contributed by atoms with van der Waals surface area (Å²) < 4.78 is 0. The Bertz CT molecular complexity index is 498. The highest BCUT2D eigenvalue weighted by atomic mass is 16.3. The molecule has 0 aromatic carbocycles. The highest BCUT2D eigenvalue weighted by molar-refractivity contribution is 5.97. The molecule has 0 unspecified atom stereocenters. The predicted octanol–water partition coefficient (Wildman–Crippen LogP) is 1.56. The predicted molar refractivity (Wildman–Crippen MR) is 80.9 cm³/mol. The van der Waals surface area contributed by atoms with Crippen molar-refractivity contribution in [3.63, 3.8) is 0 Å². The van der Waals surface area contributed by atoms with Crippen LogP contribution in [0, 0.1) is 0 Å². The highest BCUT2D eigenvalue weighted by Crippen LogP contribution is 2.25. The summed E-state index contributed by atoms with van der Waals surface area (Å²) in [5, 5.41) is 9.25. The van der Waals surface area contributed by atoms with E-state index in [0.29, 0.717) is 18.1 Å². The number of aliphatic hydroxyl groups excluding tert-OH is 1. The number of amides is 1. The minimum Gasteiger partial charge on any atom is -0.396 e.